The molecule has 1 unspecified atom stereocenters. The van der Waals surface area contributed by atoms with E-state index in [9.17, 15) is 9.18 Å². The van der Waals surface area contributed by atoms with Gasteiger partial charge >= 0.3 is 13.1 Å². The lowest BCUT2D eigenvalue weighted by Crippen LogP contribution is -2.35. The summed E-state index contributed by atoms with van der Waals surface area (Å²) >= 11 is 0. The fourth-order valence-corrected chi connectivity index (χ4v) is 1.08. The second-order valence-electron chi connectivity index (χ2n) is 2.64. The van der Waals surface area contributed by atoms with Crippen LogP contribution in [0.5, 0.6) is 0 Å². The van der Waals surface area contributed by atoms with Crippen molar-refractivity contribution < 1.29 is 23.6 Å². The highest BCUT2D eigenvalue weighted by molar-refractivity contribution is 6.64. The van der Waals surface area contributed by atoms with E-state index in [1.54, 1.807) is 0 Å². The minimum atomic E-state index is -1.65. The molecule has 0 saturated carbocycles. The molecule has 0 aromatic carbocycles. The van der Waals surface area contributed by atoms with E-state index in [0.29, 0.717) is 0 Å². The molecule has 0 bridgehead atoms. The Balaban J connectivity index is 2.25. The van der Waals surface area contributed by atoms with Crippen molar-refractivity contribution >= 4 is 18.6 Å². The van der Waals surface area contributed by atoms with Crippen molar-refractivity contribution in [2.24, 2.45) is 0 Å². The average molecular weight is 197 g/mol. The number of hydrogen-bond donors (Lipinski definition) is 1. The minimum Gasteiger partial charge on any atom is -0.502 e. The highest BCUT2D eigenvalue weighted by Gasteiger charge is 2.42. The van der Waals surface area contributed by atoms with Crippen LogP contribution in [0.3, 0.4) is 0 Å². The van der Waals surface area contributed by atoms with Gasteiger partial charge in [0.05, 0.1) is 5.46 Å². The van der Waals surface area contributed by atoms with Gasteiger partial charge in [-0.1, -0.05) is 6.07 Å². The quantitative estimate of drug-likeness (QED) is 0.452. The first kappa shape index (κ1) is 9.10. The van der Waals surface area contributed by atoms with Crippen LogP contribution in [-0.4, -0.2) is 29.5 Å². The Kier molecular flexibility index (Phi) is 2.18. The molecule has 2 heterocycles. The van der Waals surface area contributed by atoms with E-state index in [2.05, 4.69) is 14.3 Å². The predicted molar refractivity (Wildman–Crippen MR) is 42.8 cm³/mol. The van der Waals surface area contributed by atoms with Crippen molar-refractivity contribution in [1.29, 1.82) is 0 Å². The predicted octanol–water partition coefficient (Wildman–Crippen LogP) is -1.19. The molecular weight excluding hydrogens is 192 g/mol. The third-order valence-electron chi connectivity index (χ3n) is 1.72. The van der Waals surface area contributed by atoms with Crippen molar-refractivity contribution in [3.63, 3.8) is 0 Å². The van der Waals surface area contributed by atoms with Gasteiger partial charge in [0.15, 0.2) is 0 Å². The number of aliphatic hydroxyl groups excluding tert-OH is 1. The zero-order valence-corrected chi connectivity index (χ0v) is 6.88. The number of aromatic nitrogens is 1. The summed E-state index contributed by atoms with van der Waals surface area (Å²) in [5.41, 5.74) is -0.0163. The van der Waals surface area contributed by atoms with Crippen LogP contribution in [0, 0.1) is 5.95 Å². The standard InChI is InChI=1S/C7H5BFNO4/c9-5-4(2-1-3-10-5)8-13-6(11)7(12)14-8/h1-3,6,11H. The van der Waals surface area contributed by atoms with Gasteiger partial charge in [0.2, 0.25) is 12.2 Å². The molecule has 2 rings (SSSR count). The average Bonchev–Trinajstić information content (AvgIpc) is 2.48. The van der Waals surface area contributed by atoms with Crippen LogP contribution in [0.25, 0.3) is 0 Å². The lowest BCUT2D eigenvalue weighted by molar-refractivity contribution is -0.148. The largest absolute Gasteiger partial charge is 0.571 e. The van der Waals surface area contributed by atoms with Gasteiger partial charge in [0, 0.05) is 6.20 Å². The summed E-state index contributed by atoms with van der Waals surface area (Å²) in [6.07, 6.45) is -0.397. The Hall–Kier alpha value is -1.47. The van der Waals surface area contributed by atoms with Crippen molar-refractivity contribution in [3.8, 4) is 0 Å². The molecule has 1 aliphatic heterocycles. The van der Waals surface area contributed by atoms with Gasteiger partial charge in [0.1, 0.15) is 0 Å². The molecule has 0 radical (unpaired) electrons. The fourth-order valence-electron chi connectivity index (χ4n) is 1.08. The van der Waals surface area contributed by atoms with Crippen LogP contribution >= 0.6 is 0 Å². The van der Waals surface area contributed by atoms with Crippen molar-refractivity contribution in [2.75, 3.05) is 0 Å². The van der Waals surface area contributed by atoms with E-state index in [4.69, 9.17) is 5.11 Å². The van der Waals surface area contributed by atoms with Crippen LogP contribution in [0.1, 0.15) is 0 Å². The molecule has 1 aliphatic rings. The number of pyridine rings is 1. The molecule has 5 nitrogen and oxygen atoms in total. The molecule has 7 heteroatoms. The van der Waals surface area contributed by atoms with E-state index < -0.39 is 25.3 Å². The van der Waals surface area contributed by atoms with Crippen LogP contribution in [-0.2, 0) is 14.1 Å². The molecule has 1 fully saturated rings. The first-order valence-corrected chi connectivity index (χ1v) is 3.83. The maximum Gasteiger partial charge on any atom is 0.571 e. The number of aliphatic hydroxyl groups is 1. The molecule has 1 aromatic rings. The number of nitrogens with zero attached hydrogens (tertiary/aromatic N) is 1. The second-order valence-corrected chi connectivity index (χ2v) is 2.64. The fraction of sp³-hybridized carbons (Fsp3) is 0.143. The topological polar surface area (TPSA) is 68.7 Å². The summed E-state index contributed by atoms with van der Waals surface area (Å²) in [7, 11) is -1.22. The highest BCUT2D eigenvalue weighted by Crippen LogP contribution is 2.08. The molecule has 1 N–H and O–H groups in total. The van der Waals surface area contributed by atoms with E-state index in [1.165, 1.54) is 18.3 Å². The smallest absolute Gasteiger partial charge is 0.502 e. The summed E-state index contributed by atoms with van der Waals surface area (Å²) in [6, 6.07) is 2.83. The summed E-state index contributed by atoms with van der Waals surface area (Å²) in [4.78, 5) is 14.1. The third-order valence-corrected chi connectivity index (χ3v) is 1.72. The molecule has 72 valence electrons. The van der Waals surface area contributed by atoms with Crippen LogP contribution in [0.15, 0.2) is 18.3 Å². The lowest BCUT2D eigenvalue weighted by Gasteiger charge is -2.02. The lowest BCUT2D eigenvalue weighted by atomic mass is 9.80. The van der Waals surface area contributed by atoms with Gasteiger partial charge in [-0.3, -0.25) is 0 Å². The van der Waals surface area contributed by atoms with Gasteiger partial charge < -0.3 is 14.4 Å². The first-order valence-electron chi connectivity index (χ1n) is 3.83. The maximum absolute atomic E-state index is 13.0. The van der Waals surface area contributed by atoms with E-state index in [0.717, 1.165) is 0 Å². The normalized spacial score (nSPS) is 21.1. The summed E-state index contributed by atoms with van der Waals surface area (Å²) in [5.74, 6) is -1.72. The van der Waals surface area contributed by atoms with Crippen molar-refractivity contribution in [2.45, 2.75) is 6.29 Å². The number of carbonyl (C=O) groups excluding carboxylic acids is 1. The highest BCUT2D eigenvalue weighted by atomic mass is 19.1. The monoisotopic (exact) mass is 197 g/mol. The second kappa shape index (κ2) is 3.35. The SMILES string of the molecule is O=C1OB(c2cccnc2F)OC1O. The Morgan fingerprint density at radius 3 is 3.00 bits per heavy atom. The van der Waals surface area contributed by atoms with Crippen molar-refractivity contribution in [3.05, 3.63) is 24.3 Å². The van der Waals surface area contributed by atoms with Gasteiger partial charge in [-0.25, -0.2) is 9.78 Å². The van der Waals surface area contributed by atoms with Gasteiger partial charge in [-0.2, -0.15) is 4.39 Å². The molecule has 0 spiro atoms. The molecule has 1 saturated heterocycles. The third kappa shape index (κ3) is 1.47. The Labute approximate surface area is 78.6 Å². The van der Waals surface area contributed by atoms with E-state index in [1.807, 2.05) is 0 Å². The number of hydrogen-bond acceptors (Lipinski definition) is 5. The van der Waals surface area contributed by atoms with Crippen LogP contribution in [0.4, 0.5) is 4.39 Å². The molecular formula is C7H5BFNO4. The molecule has 1 aromatic heterocycles. The molecule has 14 heavy (non-hydrogen) atoms. The Morgan fingerprint density at radius 1 is 1.64 bits per heavy atom. The minimum absolute atomic E-state index is 0.0163. The maximum atomic E-state index is 13.0. The van der Waals surface area contributed by atoms with Gasteiger partial charge in [0.25, 0.3) is 0 Å². The van der Waals surface area contributed by atoms with Crippen LogP contribution in [0.2, 0.25) is 0 Å². The van der Waals surface area contributed by atoms with Crippen LogP contribution < -0.4 is 5.46 Å². The Morgan fingerprint density at radius 2 is 2.43 bits per heavy atom. The summed E-state index contributed by atoms with van der Waals surface area (Å²) in [5, 5.41) is 8.88. The van der Waals surface area contributed by atoms with Gasteiger partial charge in [-0.05, 0) is 6.07 Å². The zero-order chi connectivity index (χ0) is 10.1. The van der Waals surface area contributed by atoms with E-state index in [-0.39, 0.29) is 5.46 Å². The van der Waals surface area contributed by atoms with Gasteiger partial charge in [-0.15, -0.1) is 0 Å². The number of halogens is 1. The Bertz CT molecular complexity index is 374. The summed E-state index contributed by atoms with van der Waals surface area (Å²) < 4.78 is 22.2. The molecule has 0 aliphatic carbocycles. The zero-order valence-electron chi connectivity index (χ0n) is 6.88. The number of rotatable bonds is 1. The first-order chi connectivity index (χ1) is 6.68. The molecule has 1 atom stereocenters. The van der Waals surface area contributed by atoms with E-state index >= 15 is 0 Å². The van der Waals surface area contributed by atoms with Crippen molar-refractivity contribution in [1.82, 2.24) is 4.98 Å². The number of carbonyl (C=O) groups is 1. The molecule has 0 amide bonds. The summed E-state index contributed by atoms with van der Waals surface area (Å²) in [6.45, 7) is 0.